The molecule has 0 saturated heterocycles. The predicted octanol–water partition coefficient (Wildman–Crippen LogP) is 10.8. The topological polar surface area (TPSA) is 35.2 Å². The predicted molar refractivity (Wildman–Crippen MR) is 199 cm³/mol. The van der Waals surface area contributed by atoms with Gasteiger partial charge in [0.25, 0.3) is 0 Å². The fraction of sp³-hybridized carbons (Fsp3) is 0.318. The third-order valence-corrected chi connectivity index (χ3v) is 13.8. The Hall–Kier alpha value is -4.21. The Balaban J connectivity index is 1.29. The van der Waals surface area contributed by atoms with E-state index in [1.165, 1.54) is 22.3 Å². The Kier molecular flexibility index (Phi) is 7.18. The molecular formula is C44H44N4OPt-2. The molecule has 4 aromatic carbocycles. The number of fused-ring (bicyclic) bond motifs is 5. The second-order valence-corrected chi connectivity index (χ2v) is 17.1. The molecule has 0 fully saturated rings. The van der Waals surface area contributed by atoms with E-state index >= 15 is 0 Å². The van der Waals surface area contributed by atoms with Gasteiger partial charge in [0.05, 0.1) is 0 Å². The summed E-state index contributed by atoms with van der Waals surface area (Å²) in [6.45, 7) is 21.4. The first-order chi connectivity index (χ1) is 23.6. The van der Waals surface area contributed by atoms with Crippen molar-refractivity contribution in [3.05, 3.63) is 129 Å². The standard InChI is InChI=1S/C44H44N4O.Pt/c1-28-22-23-45-38(24-28)48-36-21-20-33-39(43(6,7)44(8,9)42(33,4)5)40(36)41(2,3)32-19-18-31(26-37(32)48)49-30-15-13-14-29(25-30)47-27-46(10)34-16-11-12-17-35(34)47;/h11-24H,1-10H3;/q-2;. The molecule has 6 aromatic rings. The Morgan fingerprint density at radius 1 is 0.720 bits per heavy atom. The van der Waals surface area contributed by atoms with E-state index in [0.717, 1.165) is 43.3 Å². The summed E-state index contributed by atoms with van der Waals surface area (Å²) in [5.41, 5.74) is 11.6. The first kappa shape index (κ1) is 33.0. The molecule has 0 bridgehead atoms. The van der Waals surface area contributed by atoms with Gasteiger partial charge >= 0.3 is 209 Å². The molecule has 50 heavy (non-hydrogen) atoms. The van der Waals surface area contributed by atoms with Crippen LogP contribution in [0.5, 0.6) is 11.5 Å². The molecule has 6 heteroatoms. The van der Waals surface area contributed by atoms with Crippen LogP contribution in [0.4, 0.5) is 17.2 Å². The number of aryl methyl sites for hydroxylation is 2. The second-order valence-electron chi connectivity index (χ2n) is 16.1. The van der Waals surface area contributed by atoms with Crippen LogP contribution in [0.15, 0.2) is 85.1 Å². The molecule has 2 aromatic heterocycles. The number of para-hydroxylation sites is 2. The van der Waals surface area contributed by atoms with E-state index in [1.54, 1.807) is 0 Å². The number of imidazole rings is 1. The smallest absolute Gasteiger partial charge is 0.0582 e. The van der Waals surface area contributed by atoms with Gasteiger partial charge in [-0.25, -0.2) is 0 Å². The summed E-state index contributed by atoms with van der Waals surface area (Å²) >= 11 is 2.38. The Bertz CT molecular complexity index is 2430. The summed E-state index contributed by atoms with van der Waals surface area (Å²) in [7, 11) is 2.09. The van der Waals surface area contributed by atoms with Crippen LogP contribution in [0.3, 0.4) is 0 Å². The van der Waals surface area contributed by atoms with Gasteiger partial charge in [-0.15, -0.1) is 0 Å². The summed E-state index contributed by atoms with van der Waals surface area (Å²) in [5.74, 6) is 2.15. The first-order valence-corrected chi connectivity index (χ1v) is 18.5. The average Bonchev–Trinajstić information content (AvgIpc) is 3.38. The maximum absolute atomic E-state index is 6.61. The third-order valence-electron chi connectivity index (χ3n) is 12.5. The second kappa shape index (κ2) is 10.9. The van der Waals surface area contributed by atoms with Crippen molar-refractivity contribution in [1.82, 2.24) is 14.1 Å². The van der Waals surface area contributed by atoms with Crippen LogP contribution >= 0.6 is 0 Å². The van der Waals surface area contributed by atoms with Crippen molar-refractivity contribution in [3.8, 4) is 17.2 Å². The monoisotopic (exact) mass is 839 g/mol. The van der Waals surface area contributed by atoms with Crippen molar-refractivity contribution >= 4 is 28.2 Å². The zero-order valence-electron chi connectivity index (χ0n) is 30.6. The van der Waals surface area contributed by atoms with E-state index in [1.807, 2.05) is 18.3 Å². The number of aromatic nitrogens is 3. The van der Waals surface area contributed by atoms with E-state index in [9.17, 15) is 0 Å². The Labute approximate surface area is 307 Å². The summed E-state index contributed by atoms with van der Waals surface area (Å²) in [5, 5.41) is 0. The Morgan fingerprint density at radius 3 is 2.16 bits per heavy atom. The van der Waals surface area contributed by atoms with Crippen molar-refractivity contribution in [2.24, 2.45) is 12.5 Å². The van der Waals surface area contributed by atoms with Gasteiger partial charge in [0.2, 0.25) is 0 Å². The molecule has 0 saturated carbocycles. The third kappa shape index (κ3) is 4.41. The van der Waals surface area contributed by atoms with Crippen molar-refractivity contribution in [2.75, 3.05) is 4.90 Å². The number of anilines is 3. The van der Waals surface area contributed by atoms with Crippen LogP contribution < -0.4 is 9.64 Å². The van der Waals surface area contributed by atoms with Crippen LogP contribution in [0.1, 0.15) is 83.2 Å². The van der Waals surface area contributed by atoms with Gasteiger partial charge in [-0.3, -0.25) is 0 Å². The number of hydrogen-bond acceptors (Lipinski definition) is 3. The Morgan fingerprint density at radius 2 is 1.42 bits per heavy atom. The van der Waals surface area contributed by atoms with Crippen molar-refractivity contribution in [2.45, 2.75) is 78.6 Å². The molecule has 0 radical (unpaired) electrons. The van der Waals surface area contributed by atoms with Crippen LogP contribution in [0, 0.1) is 28.3 Å². The van der Waals surface area contributed by atoms with Crippen LogP contribution in [-0.4, -0.2) is 14.1 Å². The van der Waals surface area contributed by atoms with E-state index in [2.05, 4.69) is 182 Å². The summed E-state index contributed by atoms with van der Waals surface area (Å²) < 4.78 is 12.1. The van der Waals surface area contributed by atoms with E-state index in [0.29, 0.717) is 11.5 Å². The minimum Gasteiger partial charge on any atom is -0.0582 e. The van der Waals surface area contributed by atoms with E-state index < -0.39 is 0 Å². The van der Waals surface area contributed by atoms with Crippen LogP contribution in [0.2, 0.25) is 0 Å². The molecule has 2 aliphatic rings. The number of ether oxygens (including phenoxy) is 1. The van der Waals surface area contributed by atoms with Crippen molar-refractivity contribution in [3.63, 3.8) is 0 Å². The van der Waals surface area contributed by atoms with E-state index in [-0.39, 0.29) is 21.7 Å². The molecule has 8 rings (SSSR count). The number of benzene rings is 4. The summed E-state index contributed by atoms with van der Waals surface area (Å²) in [6.07, 6.45) is 1.90. The maximum atomic E-state index is 6.61. The van der Waals surface area contributed by atoms with Gasteiger partial charge in [-0.2, -0.15) is 0 Å². The van der Waals surface area contributed by atoms with Gasteiger partial charge in [0, 0.05) is 6.20 Å². The van der Waals surface area contributed by atoms with Crippen molar-refractivity contribution < 1.29 is 24.1 Å². The molecule has 5 nitrogen and oxygen atoms in total. The quantitative estimate of drug-likeness (QED) is 0.166. The fourth-order valence-electron chi connectivity index (χ4n) is 8.59. The molecule has 1 aliphatic heterocycles. The zero-order chi connectivity index (χ0) is 35.5. The average molecular weight is 840 g/mol. The normalized spacial score (nSPS) is 17.7. The molecule has 0 N–H and O–H groups in total. The number of nitrogens with zero attached hydrogens (tertiary/aromatic N) is 4. The first-order valence-electron chi connectivity index (χ1n) is 17.4. The summed E-state index contributed by atoms with van der Waals surface area (Å²) in [4.78, 5) is 7.25. The van der Waals surface area contributed by atoms with Crippen LogP contribution in [0.25, 0.3) is 16.7 Å². The summed E-state index contributed by atoms with van der Waals surface area (Å²) in [6, 6.07) is 35.0. The number of hydrogen-bond donors (Lipinski definition) is 0. The zero-order valence-corrected chi connectivity index (χ0v) is 32.9. The fourth-order valence-corrected chi connectivity index (χ4v) is 9.41. The van der Waals surface area contributed by atoms with Gasteiger partial charge in [-0.05, 0) is 45.9 Å². The number of rotatable bonds is 4. The van der Waals surface area contributed by atoms with Gasteiger partial charge in [0.1, 0.15) is 0 Å². The van der Waals surface area contributed by atoms with Gasteiger partial charge in [-0.1, -0.05) is 47.6 Å². The van der Waals surface area contributed by atoms with Crippen LogP contribution in [-0.2, 0) is 42.6 Å². The van der Waals surface area contributed by atoms with E-state index in [4.69, 9.17) is 9.72 Å². The number of pyridine rings is 1. The molecule has 0 unspecified atom stereocenters. The molecule has 0 amide bonds. The van der Waals surface area contributed by atoms with Gasteiger partial charge < -0.3 is 0 Å². The molecule has 0 spiro atoms. The minimum absolute atomic E-state index is 0.000913. The minimum atomic E-state index is -0.299. The van der Waals surface area contributed by atoms with Gasteiger partial charge in [0.15, 0.2) is 0 Å². The molecule has 1 aliphatic carbocycles. The molecule has 0 atom stereocenters. The molecule has 258 valence electrons. The SMILES string of the molecule is Cc1ccnc(N2c3[c-]c(Oc4[c-]c(-n5[c](=[Pt])n(C)c6ccccc65)ccc4)ccc3C(C)(C)c3c2ccc2c3C(C)(C)C(C)(C)C2(C)C)c1. The van der Waals surface area contributed by atoms with Crippen molar-refractivity contribution in [1.29, 1.82) is 0 Å². The molecular weight excluding hydrogens is 796 g/mol. The molecule has 3 heterocycles.